The largest absolute Gasteiger partial charge is 0.496 e. The number of methoxy groups -OCH3 is 2. The summed E-state index contributed by atoms with van der Waals surface area (Å²) in [6.07, 6.45) is 0.621. The second kappa shape index (κ2) is 8.63. The Morgan fingerprint density at radius 1 is 1.09 bits per heavy atom. The Labute approximate surface area is 189 Å². The average molecular weight is 455 g/mol. The van der Waals surface area contributed by atoms with Crippen LogP contribution in [0, 0.1) is 5.82 Å². The lowest BCUT2D eigenvalue weighted by Crippen LogP contribution is -2.43. The highest BCUT2D eigenvalue weighted by Gasteiger charge is 2.56. The Kier molecular flexibility index (Phi) is 5.89. The number of Topliss-reactive ketones (excluding diaryl/α,β-unsaturated/α-hetero) is 1. The molecule has 32 heavy (non-hydrogen) atoms. The minimum atomic E-state index is -1.64. The molecule has 4 rings (SSSR count). The Bertz CT molecular complexity index is 1180. The number of ketones is 1. The summed E-state index contributed by atoms with van der Waals surface area (Å²) >= 11 is 6.09. The molecule has 3 aromatic carbocycles. The minimum Gasteiger partial charge on any atom is -0.496 e. The monoisotopic (exact) mass is 454 g/mol. The van der Waals surface area contributed by atoms with Crippen LogP contribution in [0.25, 0.3) is 0 Å². The first kappa shape index (κ1) is 21.8. The van der Waals surface area contributed by atoms with Crippen molar-refractivity contribution in [3.8, 4) is 17.2 Å². The fraction of sp³-hybridized carbons (Fsp3) is 0.200. The van der Waals surface area contributed by atoms with Crippen LogP contribution in [0.3, 0.4) is 0 Å². The first-order valence-corrected chi connectivity index (χ1v) is 10.3. The molecule has 5 nitrogen and oxygen atoms in total. The molecule has 0 spiro atoms. The van der Waals surface area contributed by atoms with Crippen molar-refractivity contribution in [3.05, 3.63) is 88.2 Å². The number of rotatable bonds is 7. The molecule has 1 heterocycles. The number of hydrogen-bond acceptors (Lipinski definition) is 5. The van der Waals surface area contributed by atoms with Gasteiger partial charge in [-0.05, 0) is 29.8 Å². The van der Waals surface area contributed by atoms with Crippen molar-refractivity contribution >= 4 is 23.7 Å². The molecule has 2 unspecified atom stereocenters. The van der Waals surface area contributed by atoms with E-state index in [1.807, 2.05) is 0 Å². The predicted molar refractivity (Wildman–Crippen MR) is 117 cm³/mol. The molecular formula is C25H20ClFO5. The molecule has 0 fully saturated rings. The van der Waals surface area contributed by atoms with E-state index in [-0.39, 0.29) is 23.5 Å². The van der Waals surface area contributed by atoms with Crippen molar-refractivity contribution in [1.29, 1.82) is 0 Å². The highest BCUT2D eigenvalue weighted by molar-refractivity contribution is 6.30. The molecule has 0 radical (unpaired) electrons. The van der Waals surface area contributed by atoms with Gasteiger partial charge in [-0.3, -0.25) is 4.79 Å². The summed E-state index contributed by atoms with van der Waals surface area (Å²) in [6, 6.07) is 15.6. The third-order valence-corrected chi connectivity index (χ3v) is 5.93. The van der Waals surface area contributed by atoms with Crippen molar-refractivity contribution in [2.24, 2.45) is 0 Å². The zero-order valence-corrected chi connectivity index (χ0v) is 18.2. The summed E-state index contributed by atoms with van der Waals surface area (Å²) in [5.74, 6) is -0.708. The normalized spacial score (nSPS) is 17.9. The molecule has 0 aliphatic carbocycles. The quantitative estimate of drug-likeness (QED) is 0.451. The molecule has 0 bridgehead atoms. The highest BCUT2D eigenvalue weighted by atomic mass is 35.5. The number of carbonyl (C=O) groups excluding carboxylic acids is 2. The average Bonchev–Trinajstić information content (AvgIpc) is 3.10. The van der Waals surface area contributed by atoms with Gasteiger partial charge in [-0.25, -0.2) is 4.39 Å². The molecule has 1 aliphatic rings. The molecule has 1 aliphatic heterocycles. The molecule has 0 N–H and O–H groups in total. The zero-order chi connectivity index (χ0) is 22.9. The van der Waals surface area contributed by atoms with Gasteiger partial charge in [0.25, 0.3) is 0 Å². The highest BCUT2D eigenvalue weighted by Crippen LogP contribution is 2.53. The molecule has 2 atom stereocenters. The van der Waals surface area contributed by atoms with Gasteiger partial charge in [0.15, 0.2) is 0 Å². The fourth-order valence-electron chi connectivity index (χ4n) is 4.23. The Morgan fingerprint density at radius 3 is 2.47 bits per heavy atom. The third-order valence-electron chi connectivity index (χ3n) is 5.68. The van der Waals surface area contributed by atoms with Crippen LogP contribution in [0.1, 0.15) is 33.8 Å². The van der Waals surface area contributed by atoms with E-state index in [1.54, 1.807) is 42.5 Å². The van der Waals surface area contributed by atoms with E-state index >= 15 is 0 Å². The summed E-state index contributed by atoms with van der Waals surface area (Å²) in [6.45, 7) is 0. The summed E-state index contributed by atoms with van der Waals surface area (Å²) in [7, 11) is 2.94. The van der Waals surface area contributed by atoms with E-state index in [9.17, 15) is 14.0 Å². The number of benzene rings is 3. The van der Waals surface area contributed by atoms with Gasteiger partial charge in [0, 0.05) is 35.1 Å². The number of ether oxygens (including phenoxy) is 3. The molecule has 0 amide bonds. The van der Waals surface area contributed by atoms with Crippen molar-refractivity contribution in [2.45, 2.75) is 17.9 Å². The second-order valence-electron chi connectivity index (χ2n) is 7.39. The van der Waals surface area contributed by atoms with Crippen LogP contribution in [0.5, 0.6) is 17.2 Å². The smallest absolute Gasteiger partial charge is 0.219 e. The van der Waals surface area contributed by atoms with Crippen molar-refractivity contribution in [2.75, 3.05) is 14.2 Å². The molecule has 3 aromatic rings. The van der Waals surface area contributed by atoms with Crippen LogP contribution in [0.4, 0.5) is 4.39 Å². The van der Waals surface area contributed by atoms with Crippen LogP contribution in [-0.2, 0) is 10.4 Å². The van der Waals surface area contributed by atoms with E-state index in [2.05, 4.69) is 0 Å². The third kappa shape index (κ3) is 3.50. The topological polar surface area (TPSA) is 61.8 Å². The van der Waals surface area contributed by atoms with E-state index in [4.69, 9.17) is 25.8 Å². The number of hydrogen-bond donors (Lipinski definition) is 0. The zero-order valence-electron chi connectivity index (χ0n) is 17.4. The lowest BCUT2D eigenvalue weighted by Gasteiger charge is -2.35. The summed E-state index contributed by atoms with van der Waals surface area (Å²) < 4.78 is 31.3. The summed E-state index contributed by atoms with van der Waals surface area (Å²) in [4.78, 5) is 25.8. The van der Waals surface area contributed by atoms with Crippen LogP contribution >= 0.6 is 11.6 Å². The van der Waals surface area contributed by atoms with E-state index in [1.165, 1.54) is 32.4 Å². The Morgan fingerprint density at radius 2 is 1.84 bits per heavy atom. The number of aldehydes is 1. The molecule has 0 saturated heterocycles. The standard InChI is InChI=1S/C25H20ClFO5/c1-30-19-13-21(31-2)23-22(14-19)32-25(24(23)29,16-6-8-17(26)9-7-16)20(10-11-28)15-4-3-5-18(27)12-15/h3-9,11-14,20H,10H2,1-2H3. The molecule has 7 heteroatoms. The van der Waals surface area contributed by atoms with Gasteiger partial charge in [0.2, 0.25) is 11.4 Å². The first-order chi connectivity index (χ1) is 15.4. The van der Waals surface area contributed by atoms with Crippen LogP contribution in [-0.4, -0.2) is 26.3 Å². The van der Waals surface area contributed by atoms with Gasteiger partial charge in [-0.15, -0.1) is 0 Å². The van der Waals surface area contributed by atoms with Crippen LogP contribution < -0.4 is 14.2 Å². The fourth-order valence-corrected chi connectivity index (χ4v) is 4.35. The first-order valence-electron chi connectivity index (χ1n) is 9.89. The number of halogens is 2. The van der Waals surface area contributed by atoms with Gasteiger partial charge in [0.05, 0.1) is 14.2 Å². The van der Waals surface area contributed by atoms with Crippen LogP contribution in [0.15, 0.2) is 60.7 Å². The summed E-state index contributed by atoms with van der Waals surface area (Å²) in [5.41, 5.74) is -0.462. The van der Waals surface area contributed by atoms with Gasteiger partial charge < -0.3 is 19.0 Å². The Hall–Kier alpha value is -3.38. The molecular weight excluding hydrogens is 435 g/mol. The van der Waals surface area contributed by atoms with Crippen molar-refractivity contribution in [3.63, 3.8) is 0 Å². The second-order valence-corrected chi connectivity index (χ2v) is 7.82. The maximum Gasteiger partial charge on any atom is 0.219 e. The molecule has 0 aromatic heterocycles. The maximum atomic E-state index is 14.1. The SMILES string of the molecule is COc1cc(OC)c2c(c1)OC(c1ccc(Cl)cc1)(C(CC=O)c1cccc(F)c1)C2=O. The number of carbonyl (C=O) groups is 2. The van der Waals surface area contributed by atoms with Gasteiger partial charge in [0.1, 0.15) is 34.9 Å². The van der Waals surface area contributed by atoms with E-state index in [0.29, 0.717) is 28.2 Å². The molecule has 164 valence electrons. The number of fused-ring (bicyclic) bond motifs is 1. The molecule has 0 saturated carbocycles. The van der Waals surface area contributed by atoms with Crippen LogP contribution in [0.2, 0.25) is 5.02 Å². The van der Waals surface area contributed by atoms with E-state index < -0.39 is 23.1 Å². The lowest BCUT2D eigenvalue weighted by atomic mass is 9.72. The van der Waals surface area contributed by atoms with E-state index in [0.717, 1.165) is 0 Å². The van der Waals surface area contributed by atoms with Crippen molar-refractivity contribution in [1.82, 2.24) is 0 Å². The summed E-state index contributed by atoms with van der Waals surface area (Å²) in [5, 5.41) is 0.476. The van der Waals surface area contributed by atoms with Crippen molar-refractivity contribution < 1.29 is 28.2 Å². The lowest BCUT2D eigenvalue weighted by molar-refractivity contribution is -0.109. The van der Waals surface area contributed by atoms with Gasteiger partial charge >= 0.3 is 0 Å². The maximum absolute atomic E-state index is 14.1. The Balaban J connectivity index is 2.00. The van der Waals surface area contributed by atoms with Gasteiger partial charge in [-0.1, -0.05) is 35.9 Å². The predicted octanol–water partition coefficient (Wildman–Crippen LogP) is 5.34. The minimum absolute atomic E-state index is 0.0781. The van der Waals surface area contributed by atoms with Gasteiger partial charge in [-0.2, -0.15) is 0 Å².